The monoisotopic (exact) mass is 277 g/mol. The summed E-state index contributed by atoms with van der Waals surface area (Å²) >= 11 is 1.48. The zero-order chi connectivity index (χ0) is 13.5. The predicted molar refractivity (Wildman–Crippen MR) is 77.8 cm³/mol. The van der Waals surface area contributed by atoms with Crippen LogP contribution in [0.15, 0.2) is 24.3 Å². The first kappa shape index (κ1) is 14.0. The number of nitrogens with one attached hydrogen (secondary N) is 1. The summed E-state index contributed by atoms with van der Waals surface area (Å²) in [5, 5.41) is 13.0. The van der Waals surface area contributed by atoms with Gasteiger partial charge in [0.2, 0.25) is 0 Å². The van der Waals surface area contributed by atoms with E-state index in [0.29, 0.717) is 5.19 Å². The van der Waals surface area contributed by atoms with Gasteiger partial charge in [-0.15, -0.1) is 5.10 Å². The molecule has 5 heteroatoms. The lowest BCUT2D eigenvalue weighted by Crippen LogP contribution is -2.13. The van der Waals surface area contributed by atoms with E-state index in [1.165, 1.54) is 16.9 Å². The second-order valence-electron chi connectivity index (χ2n) is 4.24. The number of benzene rings is 1. The van der Waals surface area contributed by atoms with E-state index < -0.39 is 0 Å². The summed E-state index contributed by atoms with van der Waals surface area (Å²) in [6.45, 7) is 6.02. The van der Waals surface area contributed by atoms with Crippen molar-refractivity contribution < 1.29 is 4.74 Å². The van der Waals surface area contributed by atoms with Crippen molar-refractivity contribution in [3.63, 3.8) is 0 Å². The molecule has 102 valence electrons. The van der Waals surface area contributed by atoms with Crippen LogP contribution in [0.1, 0.15) is 30.8 Å². The Labute approximate surface area is 117 Å². The minimum atomic E-state index is 0.599. The van der Waals surface area contributed by atoms with Crippen molar-refractivity contribution in [2.45, 2.75) is 33.2 Å². The van der Waals surface area contributed by atoms with Gasteiger partial charge in [0, 0.05) is 6.54 Å². The van der Waals surface area contributed by atoms with Crippen LogP contribution >= 0.6 is 11.3 Å². The van der Waals surface area contributed by atoms with E-state index in [2.05, 4.69) is 35.4 Å². The first-order chi connectivity index (χ1) is 9.31. The first-order valence-electron chi connectivity index (χ1n) is 6.61. The molecule has 19 heavy (non-hydrogen) atoms. The molecule has 0 saturated carbocycles. The Morgan fingerprint density at radius 3 is 2.95 bits per heavy atom. The Morgan fingerprint density at radius 1 is 1.26 bits per heavy atom. The normalized spacial score (nSPS) is 10.6. The van der Waals surface area contributed by atoms with Crippen LogP contribution in [-0.2, 0) is 13.0 Å². The number of aromatic nitrogens is 2. The highest BCUT2D eigenvalue weighted by molar-refractivity contribution is 7.13. The molecule has 1 aromatic heterocycles. The van der Waals surface area contributed by atoms with Gasteiger partial charge in [-0.05, 0) is 37.1 Å². The fourth-order valence-corrected chi connectivity index (χ4v) is 2.33. The van der Waals surface area contributed by atoms with Crippen molar-refractivity contribution in [1.29, 1.82) is 0 Å². The highest BCUT2D eigenvalue weighted by Crippen LogP contribution is 2.25. The highest BCUT2D eigenvalue weighted by atomic mass is 32.1. The third-order valence-corrected chi connectivity index (χ3v) is 3.46. The van der Waals surface area contributed by atoms with Gasteiger partial charge in [-0.25, -0.2) is 0 Å². The number of rotatable bonds is 7. The van der Waals surface area contributed by atoms with E-state index in [1.807, 2.05) is 18.2 Å². The van der Waals surface area contributed by atoms with Gasteiger partial charge >= 0.3 is 0 Å². The minimum absolute atomic E-state index is 0.599. The molecule has 2 aromatic rings. The van der Waals surface area contributed by atoms with Crippen molar-refractivity contribution in [2.75, 3.05) is 6.54 Å². The largest absolute Gasteiger partial charge is 0.430 e. The number of nitrogens with zero attached hydrogens (tertiary/aromatic N) is 2. The molecule has 0 fully saturated rings. The van der Waals surface area contributed by atoms with Gasteiger partial charge in [-0.2, -0.15) is 0 Å². The topological polar surface area (TPSA) is 47.0 Å². The lowest BCUT2D eigenvalue weighted by molar-refractivity contribution is 0.472. The minimum Gasteiger partial charge on any atom is -0.430 e. The van der Waals surface area contributed by atoms with Crippen LogP contribution in [0.5, 0.6) is 10.9 Å². The summed E-state index contributed by atoms with van der Waals surface area (Å²) < 4.78 is 5.72. The quantitative estimate of drug-likeness (QED) is 0.788. The average molecular weight is 277 g/mol. The molecular formula is C14H19N3OS. The molecule has 2 rings (SSSR count). The predicted octanol–water partition coefficient (Wildman–Crippen LogP) is 3.39. The van der Waals surface area contributed by atoms with Gasteiger partial charge in [0.25, 0.3) is 5.19 Å². The molecule has 0 aliphatic carbocycles. The van der Waals surface area contributed by atoms with Crippen molar-refractivity contribution in [1.82, 2.24) is 15.5 Å². The molecule has 1 heterocycles. The maximum atomic E-state index is 5.72. The van der Waals surface area contributed by atoms with Crippen molar-refractivity contribution in [2.24, 2.45) is 0 Å². The molecule has 0 spiro atoms. The highest BCUT2D eigenvalue weighted by Gasteiger charge is 2.06. The number of ether oxygens (including phenoxy) is 1. The van der Waals surface area contributed by atoms with Crippen molar-refractivity contribution in [3.8, 4) is 10.9 Å². The number of hydrogen-bond acceptors (Lipinski definition) is 5. The average Bonchev–Trinajstić information content (AvgIpc) is 2.87. The van der Waals surface area contributed by atoms with E-state index in [4.69, 9.17) is 4.74 Å². The lowest BCUT2D eigenvalue weighted by atomic mass is 10.2. The van der Waals surface area contributed by atoms with Gasteiger partial charge in [0.15, 0.2) is 0 Å². The van der Waals surface area contributed by atoms with E-state index >= 15 is 0 Å². The maximum absolute atomic E-state index is 5.72. The van der Waals surface area contributed by atoms with Crippen molar-refractivity contribution in [3.05, 3.63) is 34.8 Å². The Kier molecular flexibility index (Phi) is 5.30. The molecule has 0 aliphatic rings. The molecule has 0 radical (unpaired) electrons. The molecule has 0 aliphatic heterocycles. The molecule has 4 nitrogen and oxygen atoms in total. The Balaban J connectivity index is 1.95. The van der Waals surface area contributed by atoms with E-state index in [9.17, 15) is 0 Å². The Morgan fingerprint density at radius 2 is 2.16 bits per heavy atom. The molecule has 1 N–H and O–H groups in total. The summed E-state index contributed by atoms with van der Waals surface area (Å²) in [4.78, 5) is 0. The molecule has 0 amide bonds. The summed E-state index contributed by atoms with van der Waals surface area (Å²) in [5.74, 6) is 0.823. The van der Waals surface area contributed by atoms with E-state index in [-0.39, 0.29) is 0 Å². The van der Waals surface area contributed by atoms with Crippen LogP contribution in [0.2, 0.25) is 0 Å². The molecule has 0 unspecified atom stereocenters. The second kappa shape index (κ2) is 7.21. The third-order valence-electron chi connectivity index (χ3n) is 2.66. The number of aryl methyl sites for hydroxylation is 1. The van der Waals surface area contributed by atoms with E-state index in [0.717, 1.165) is 36.7 Å². The summed E-state index contributed by atoms with van der Waals surface area (Å²) in [6.07, 6.45) is 2.12. The fourth-order valence-electron chi connectivity index (χ4n) is 1.65. The van der Waals surface area contributed by atoms with Crippen LogP contribution in [0, 0.1) is 0 Å². The molecule has 0 bridgehead atoms. The second-order valence-corrected chi connectivity index (χ2v) is 5.27. The van der Waals surface area contributed by atoms with Crippen LogP contribution in [0.3, 0.4) is 0 Å². The zero-order valence-corrected chi connectivity index (χ0v) is 12.2. The van der Waals surface area contributed by atoms with Crippen LogP contribution < -0.4 is 10.1 Å². The SMILES string of the molecule is CCCNCc1nnc(Oc2cccc(CC)c2)s1. The van der Waals surface area contributed by atoms with Crippen molar-refractivity contribution >= 4 is 11.3 Å². The smallest absolute Gasteiger partial charge is 0.299 e. The lowest BCUT2D eigenvalue weighted by Gasteiger charge is -2.02. The Hall–Kier alpha value is -1.46. The molecule has 0 atom stereocenters. The van der Waals surface area contributed by atoms with E-state index in [1.54, 1.807) is 0 Å². The van der Waals surface area contributed by atoms with Crippen LogP contribution in [0.4, 0.5) is 0 Å². The summed E-state index contributed by atoms with van der Waals surface area (Å²) in [6, 6.07) is 8.07. The molecule has 0 saturated heterocycles. The molecular weight excluding hydrogens is 258 g/mol. The standard InChI is InChI=1S/C14H19N3OS/c1-3-8-15-10-13-16-17-14(19-13)18-12-7-5-6-11(4-2)9-12/h5-7,9,15H,3-4,8,10H2,1-2H3. The third kappa shape index (κ3) is 4.29. The van der Waals surface area contributed by atoms with Gasteiger partial charge in [-0.1, -0.05) is 42.4 Å². The zero-order valence-electron chi connectivity index (χ0n) is 11.3. The van der Waals surface area contributed by atoms with Crippen LogP contribution in [-0.4, -0.2) is 16.7 Å². The van der Waals surface area contributed by atoms with Gasteiger partial charge < -0.3 is 10.1 Å². The molecule has 1 aromatic carbocycles. The fraction of sp³-hybridized carbons (Fsp3) is 0.429. The summed E-state index contributed by atoms with van der Waals surface area (Å²) in [7, 11) is 0. The number of hydrogen-bond donors (Lipinski definition) is 1. The maximum Gasteiger partial charge on any atom is 0.299 e. The van der Waals surface area contributed by atoms with Gasteiger partial charge in [0.1, 0.15) is 10.8 Å². The van der Waals surface area contributed by atoms with Gasteiger partial charge in [0.05, 0.1) is 0 Å². The Bertz CT molecular complexity index is 513. The first-order valence-corrected chi connectivity index (χ1v) is 7.43. The summed E-state index contributed by atoms with van der Waals surface area (Å²) in [5.41, 5.74) is 1.26. The van der Waals surface area contributed by atoms with Crippen LogP contribution in [0.25, 0.3) is 0 Å². The van der Waals surface area contributed by atoms with Gasteiger partial charge in [-0.3, -0.25) is 0 Å².